The second-order valence-corrected chi connectivity index (χ2v) is 3.23. The zero-order chi connectivity index (χ0) is 11.6. The SMILES string of the molecule is C.C=C\C=C/C(=C\C=C/C)Nc1ccccc1. The van der Waals surface area contributed by atoms with Crippen molar-refractivity contribution in [3.63, 3.8) is 0 Å². The van der Waals surface area contributed by atoms with Gasteiger partial charge < -0.3 is 5.32 Å². The van der Waals surface area contributed by atoms with Crippen LogP contribution in [0, 0.1) is 0 Å². The van der Waals surface area contributed by atoms with E-state index in [9.17, 15) is 0 Å². The summed E-state index contributed by atoms with van der Waals surface area (Å²) in [5.74, 6) is 0. The second kappa shape index (κ2) is 9.22. The smallest absolute Gasteiger partial charge is 0.0384 e. The van der Waals surface area contributed by atoms with Crippen molar-refractivity contribution in [3.05, 3.63) is 79.1 Å². The van der Waals surface area contributed by atoms with E-state index in [1.165, 1.54) is 0 Å². The van der Waals surface area contributed by atoms with Gasteiger partial charge in [-0.2, -0.15) is 0 Å². The normalized spacial score (nSPS) is 11.5. The van der Waals surface area contributed by atoms with Crippen LogP contribution in [0.1, 0.15) is 14.4 Å². The van der Waals surface area contributed by atoms with Gasteiger partial charge in [-0.15, -0.1) is 0 Å². The third-order valence-corrected chi connectivity index (χ3v) is 1.94. The fourth-order valence-electron chi connectivity index (χ4n) is 1.20. The van der Waals surface area contributed by atoms with Crippen LogP contribution < -0.4 is 5.32 Å². The molecule has 1 heteroatoms. The number of nitrogens with one attached hydrogen (secondary N) is 1. The maximum atomic E-state index is 3.66. The number of hydrogen-bond acceptors (Lipinski definition) is 1. The van der Waals surface area contributed by atoms with Crippen molar-refractivity contribution in [1.82, 2.24) is 0 Å². The van der Waals surface area contributed by atoms with Gasteiger partial charge in [0.15, 0.2) is 0 Å². The molecule has 0 aliphatic heterocycles. The Morgan fingerprint density at radius 1 is 1.18 bits per heavy atom. The summed E-state index contributed by atoms with van der Waals surface area (Å²) in [6.45, 7) is 5.65. The highest BCUT2D eigenvalue weighted by molar-refractivity contribution is 5.51. The van der Waals surface area contributed by atoms with E-state index in [0.29, 0.717) is 0 Å². The van der Waals surface area contributed by atoms with E-state index in [0.717, 1.165) is 11.4 Å². The van der Waals surface area contributed by atoms with Crippen molar-refractivity contribution >= 4 is 5.69 Å². The molecule has 1 aromatic carbocycles. The predicted octanol–water partition coefficient (Wildman–Crippen LogP) is 4.94. The molecular formula is C16H21N. The fraction of sp³-hybridized carbons (Fsp3) is 0.125. The highest BCUT2D eigenvalue weighted by Gasteiger charge is 1.91. The van der Waals surface area contributed by atoms with Crippen molar-refractivity contribution in [2.45, 2.75) is 14.4 Å². The molecule has 1 nitrogen and oxygen atoms in total. The lowest BCUT2D eigenvalue weighted by molar-refractivity contribution is 1.47. The molecule has 0 aromatic heterocycles. The van der Waals surface area contributed by atoms with Gasteiger partial charge in [0, 0.05) is 11.4 Å². The number of hydrogen-bond donors (Lipinski definition) is 1. The van der Waals surface area contributed by atoms with Crippen LogP contribution in [0.25, 0.3) is 0 Å². The van der Waals surface area contributed by atoms with Crippen LogP contribution in [0.15, 0.2) is 79.1 Å². The van der Waals surface area contributed by atoms with Gasteiger partial charge in [0.1, 0.15) is 0 Å². The summed E-state index contributed by atoms with van der Waals surface area (Å²) in [5.41, 5.74) is 2.11. The summed E-state index contributed by atoms with van der Waals surface area (Å²) in [7, 11) is 0. The van der Waals surface area contributed by atoms with Gasteiger partial charge in [-0.3, -0.25) is 0 Å². The minimum Gasteiger partial charge on any atom is -0.356 e. The molecule has 0 spiro atoms. The summed E-state index contributed by atoms with van der Waals surface area (Å²) < 4.78 is 0. The molecule has 0 fully saturated rings. The van der Waals surface area contributed by atoms with Crippen LogP contribution in [0.5, 0.6) is 0 Å². The Kier molecular flexibility index (Phi) is 8.13. The Morgan fingerprint density at radius 2 is 1.88 bits per heavy atom. The molecule has 0 aliphatic carbocycles. The minimum atomic E-state index is 0. The summed E-state index contributed by atoms with van der Waals surface area (Å²) in [5, 5.41) is 3.32. The van der Waals surface area contributed by atoms with Gasteiger partial charge in [0.05, 0.1) is 0 Å². The highest BCUT2D eigenvalue weighted by Crippen LogP contribution is 2.10. The van der Waals surface area contributed by atoms with E-state index in [-0.39, 0.29) is 7.43 Å². The number of para-hydroxylation sites is 1. The first-order valence-corrected chi connectivity index (χ1v) is 5.31. The van der Waals surface area contributed by atoms with Crippen LogP contribution in [0.2, 0.25) is 0 Å². The Hall–Kier alpha value is -2.02. The third-order valence-electron chi connectivity index (χ3n) is 1.94. The monoisotopic (exact) mass is 227 g/mol. The Balaban J connectivity index is 0.00000256. The molecule has 1 N–H and O–H groups in total. The number of rotatable bonds is 5. The van der Waals surface area contributed by atoms with E-state index in [1.807, 2.05) is 67.6 Å². The fourth-order valence-corrected chi connectivity index (χ4v) is 1.20. The molecule has 0 radical (unpaired) electrons. The van der Waals surface area contributed by atoms with E-state index >= 15 is 0 Å². The van der Waals surface area contributed by atoms with Gasteiger partial charge in [0.25, 0.3) is 0 Å². The summed E-state index contributed by atoms with van der Waals surface area (Å²) >= 11 is 0. The first-order chi connectivity index (χ1) is 7.86. The second-order valence-electron chi connectivity index (χ2n) is 3.23. The van der Waals surface area contributed by atoms with Crippen LogP contribution in [-0.4, -0.2) is 0 Å². The highest BCUT2D eigenvalue weighted by atomic mass is 14.9. The third kappa shape index (κ3) is 6.21. The molecule has 17 heavy (non-hydrogen) atoms. The van der Waals surface area contributed by atoms with E-state index in [2.05, 4.69) is 11.9 Å². The summed E-state index contributed by atoms with van der Waals surface area (Å²) in [6, 6.07) is 10.1. The zero-order valence-electron chi connectivity index (χ0n) is 9.56. The molecule has 0 aliphatic rings. The Labute approximate surface area is 105 Å². The maximum Gasteiger partial charge on any atom is 0.0384 e. The molecule has 0 unspecified atom stereocenters. The first-order valence-electron chi connectivity index (χ1n) is 5.31. The van der Waals surface area contributed by atoms with Crippen LogP contribution >= 0.6 is 0 Å². The van der Waals surface area contributed by atoms with Crippen molar-refractivity contribution in [2.75, 3.05) is 5.32 Å². The number of anilines is 1. The Morgan fingerprint density at radius 3 is 2.47 bits per heavy atom. The number of allylic oxidation sites excluding steroid dienone is 6. The molecule has 0 saturated heterocycles. The largest absolute Gasteiger partial charge is 0.356 e. The van der Waals surface area contributed by atoms with Gasteiger partial charge >= 0.3 is 0 Å². The molecule has 0 atom stereocenters. The number of benzene rings is 1. The van der Waals surface area contributed by atoms with Gasteiger partial charge in [-0.05, 0) is 31.2 Å². The van der Waals surface area contributed by atoms with Gasteiger partial charge in [-0.1, -0.05) is 56.5 Å². The quantitative estimate of drug-likeness (QED) is 0.703. The van der Waals surface area contributed by atoms with E-state index in [4.69, 9.17) is 0 Å². The maximum absolute atomic E-state index is 3.66. The lowest BCUT2D eigenvalue weighted by atomic mass is 10.2. The average molecular weight is 227 g/mol. The lowest BCUT2D eigenvalue weighted by Gasteiger charge is -2.05. The van der Waals surface area contributed by atoms with Crippen LogP contribution in [-0.2, 0) is 0 Å². The van der Waals surface area contributed by atoms with Crippen LogP contribution in [0.4, 0.5) is 5.69 Å². The van der Waals surface area contributed by atoms with E-state index < -0.39 is 0 Å². The predicted molar refractivity (Wildman–Crippen MR) is 79.0 cm³/mol. The molecule has 1 rings (SSSR count). The molecule has 0 bridgehead atoms. The van der Waals surface area contributed by atoms with Crippen molar-refractivity contribution in [3.8, 4) is 0 Å². The molecule has 90 valence electrons. The van der Waals surface area contributed by atoms with Crippen molar-refractivity contribution < 1.29 is 0 Å². The molecule has 0 amide bonds. The van der Waals surface area contributed by atoms with Crippen molar-refractivity contribution in [1.29, 1.82) is 0 Å². The van der Waals surface area contributed by atoms with Crippen LogP contribution in [0.3, 0.4) is 0 Å². The van der Waals surface area contributed by atoms with Gasteiger partial charge in [-0.25, -0.2) is 0 Å². The van der Waals surface area contributed by atoms with E-state index in [1.54, 1.807) is 6.08 Å². The topological polar surface area (TPSA) is 12.0 Å². The standard InChI is InChI=1S/C15H17N.CH4/c1-3-5-10-14(11-6-4-2)16-15-12-8-7-9-13-15;/h3-13,16H,1H2,2H3;1H4/b6-4-,10-5-,14-11+;. The van der Waals surface area contributed by atoms with Crippen molar-refractivity contribution in [2.24, 2.45) is 0 Å². The molecular weight excluding hydrogens is 206 g/mol. The van der Waals surface area contributed by atoms with Gasteiger partial charge in [0.2, 0.25) is 0 Å². The lowest BCUT2D eigenvalue weighted by Crippen LogP contribution is -1.95. The summed E-state index contributed by atoms with van der Waals surface area (Å²) in [4.78, 5) is 0. The average Bonchev–Trinajstić information content (AvgIpc) is 2.34. The molecule has 0 saturated carbocycles. The zero-order valence-corrected chi connectivity index (χ0v) is 9.56. The minimum absolute atomic E-state index is 0. The molecule has 1 aromatic rings. The Bertz CT molecular complexity index is 397. The first kappa shape index (κ1) is 15.0. The summed E-state index contributed by atoms with van der Waals surface area (Å²) in [6.07, 6.45) is 11.7. The molecule has 0 heterocycles.